The van der Waals surface area contributed by atoms with Crippen molar-refractivity contribution in [3.63, 3.8) is 0 Å². The Labute approximate surface area is 121 Å². The van der Waals surface area contributed by atoms with Gasteiger partial charge in [0.15, 0.2) is 5.82 Å². The molecular formula is C13H10Cl2N4. The minimum absolute atomic E-state index is 0.150. The van der Waals surface area contributed by atoms with Crippen molar-refractivity contribution in [1.82, 2.24) is 9.97 Å². The zero-order chi connectivity index (χ0) is 13.8. The molecule has 0 radical (unpaired) electrons. The van der Waals surface area contributed by atoms with Gasteiger partial charge < -0.3 is 4.90 Å². The molecule has 1 aromatic heterocycles. The van der Waals surface area contributed by atoms with Crippen LogP contribution in [0.2, 0.25) is 10.3 Å². The van der Waals surface area contributed by atoms with Crippen LogP contribution in [-0.4, -0.2) is 17.0 Å². The molecule has 0 amide bonds. The molecular weight excluding hydrogens is 283 g/mol. The minimum Gasteiger partial charge on any atom is -0.354 e. The Kier molecular flexibility index (Phi) is 4.20. The summed E-state index contributed by atoms with van der Waals surface area (Å²) in [5.41, 5.74) is 1.62. The molecule has 0 atom stereocenters. The lowest BCUT2D eigenvalue weighted by Crippen LogP contribution is -2.18. The zero-order valence-corrected chi connectivity index (χ0v) is 11.7. The smallest absolute Gasteiger partial charge is 0.224 e. The molecule has 4 nitrogen and oxygen atoms in total. The second-order valence-electron chi connectivity index (χ2n) is 3.98. The van der Waals surface area contributed by atoms with E-state index in [9.17, 15) is 0 Å². The first-order valence-corrected chi connectivity index (χ1v) is 6.24. The summed E-state index contributed by atoms with van der Waals surface area (Å²) in [6.07, 6.45) is 1.47. The number of hydrogen-bond acceptors (Lipinski definition) is 4. The Morgan fingerprint density at radius 2 is 2.16 bits per heavy atom. The average molecular weight is 293 g/mol. The first-order chi connectivity index (χ1) is 9.10. The van der Waals surface area contributed by atoms with Crippen LogP contribution in [0.1, 0.15) is 11.1 Å². The normalized spacial score (nSPS) is 10.0. The molecule has 0 aliphatic rings. The largest absolute Gasteiger partial charge is 0.354 e. The van der Waals surface area contributed by atoms with E-state index in [1.807, 2.05) is 30.1 Å². The molecule has 2 aromatic rings. The van der Waals surface area contributed by atoms with Crippen molar-refractivity contribution in [1.29, 1.82) is 5.26 Å². The zero-order valence-electron chi connectivity index (χ0n) is 10.1. The van der Waals surface area contributed by atoms with Gasteiger partial charge in [-0.2, -0.15) is 10.2 Å². The summed E-state index contributed by atoms with van der Waals surface area (Å²) in [4.78, 5) is 9.76. The van der Waals surface area contributed by atoms with Crippen LogP contribution in [0.15, 0.2) is 30.5 Å². The van der Waals surface area contributed by atoms with E-state index in [0.717, 1.165) is 5.56 Å². The molecule has 0 fully saturated rings. The predicted molar refractivity (Wildman–Crippen MR) is 75.3 cm³/mol. The Hall–Kier alpha value is -1.83. The highest BCUT2D eigenvalue weighted by atomic mass is 35.5. The highest BCUT2D eigenvalue weighted by Crippen LogP contribution is 2.24. The Bertz CT molecular complexity index is 637. The Morgan fingerprint density at radius 3 is 2.89 bits per heavy atom. The maximum Gasteiger partial charge on any atom is 0.224 e. The van der Waals surface area contributed by atoms with Crippen LogP contribution in [0.25, 0.3) is 0 Å². The van der Waals surface area contributed by atoms with Gasteiger partial charge in [0.05, 0.1) is 17.8 Å². The van der Waals surface area contributed by atoms with Gasteiger partial charge in [-0.05, 0) is 29.3 Å². The van der Waals surface area contributed by atoms with Gasteiger partial charge in [-0.3, -0.25) is 0 Å². The molecule has 2 rings (SSSR count). The first-order valence-electron chi connectivity index (χ1n) is 5.48. The first kappa shape index (κ1) is 13.6. The van der Waals surface area contributed by atoms with Crippen molar-refractivity contribution < 1.29 is 0 Å². The number of aromatic nitrogens is 2. The predicted octanol–water partition coefficient (Wildman–Crippen LogP) is 3.29. The average Bonchev–Trinajstić information content (AvgIpc) is 2.41. The molecule has 96 valence electrons. The van der Waals surface area contributed by atoms with Gasteiger partial charge in [-0.1, -0.05) is 23.7 Å². The standard InChI is InChI=1S/C13H10Cl2N4/c1-19(12-11(14)7-17-13(15)18-12)8-10-4-2-3-9(5-10)6-16/h2-5,7H,8H2,1H3. The molecule has 0 bridgehead atoms. The van der Waals surface area contributed by atoms with Gasteiger partial charge >= 0.3 is 0 Å². The molecule has 19 heavy (non-hydrogen) atoms. The molecule has 6 heteroatoms. The minimum atomic E-state index is 0.150. The molecule has 0 saturated carbocycles. The number of nitriles is 1. The number of nitrogens with zero attached hydrogens (tertiary/aromatic N) is 4. The maximum absolute atomic E-state index is 8.87. The van der Waals surface area contributed by atoms with Crippen LogP contribution in [0.4, 0.5) is 5.82 Å². The molecule has 0 unspecified atom stereocenters. The van der Waals surface area contributed by atoms with E-state index in [4.69, 9.17) is 28.5 Å². The Balaban J connectivity index is 2.23. The van der Waals surface area contributed by atoms with E-state index in [1.165, 1.54) is 6.20 Å². The second kappa shape index (κ2) is 5.87. The molecule has 1 aromatic carbocycles. The van der Waals surface area contributed by atoms with E-state index in [-0.39, 0.29) is 5.28 Å². The van der Waals surface area contributed by atoms with Gasteiger partial charge in [0, 0.05) is 13.6 Å². The van der Waals surface area contributed by atoms with E-state index in [0.29, 0.717) is 22.9 Å². The van der Waals surface area contributed by atoms with Crippen LogP contribution in [0.5, 0.6) is 0 Å². The summed E-state index contributed by atoms with van der Waals surface area (Å²) in [5.74, 6) is 0.559. The van der Waals surface area contributed by atoms with Crippen molar-refractivity contribution in [3.05, 3.63) is 51.9 Å². The third kappa shape index (κ3) is 3.34. The van der Waals surface area contributed by atoms with Crippen molar-refractivity contribution in [3.8, 4) is 6.07 Å². The van der Waals surface area contributed by atoms with Crippen molar-refractivity contribution in [2.45, 2.75) is 6.54 Å². The molecule has 0 aliphatic carbocycles. The number of halogens is 2. The third-order valence-electron chi connectivity index (χ3n) is 2.53. The lowest BCUT2D eigenvalue weighted by Gasteiger charge is -2.19. The summed E-state index contributed by atoms with van der Waals surface area (Å²) in [7, 11) is 1.85. The number of anilines is 1. The summed E-state index contributed by atoms with van der Waals surface area (Å²) >= 11 is 11.8. The highest BCUT2D eigenvalue weighted by Gasteiger charge is 2.10. The number of benzene rings is 1. The van der Waals surface area contributed by atoms with Crippen LogP contribution in [0.3, 0.4) is 0 Å². The molecule has 0 saturated heterocycles. The summed E-state index contributed by atoms with van der Waals surface area (Å²) in [5, 5.41) is 9.45. The number of hydrogen-bond donors (Lipinski definition) is 0. The Morgan fingerprint density at radius 1 is 1.37 bits per heavy atom. The fraction of sp³-hybridized carbons (Fsp3) is 0.154. The number of rotatable bonds is 3. The maximum atomic E-state index is 8.87. The van der Waals surface area contributed by atoms with Crippen LogP contribution in [0, 0.1) is 11.3 Å². The van der Waals surface area contributed by atoms with Crippen LogP contribution >= 0.6 is 23.2 Å². The third-order valence-corrected chi connectivity index (χ3v) is 2.98. The van der Waals surface area contributed by atoms with Crippen molar-refractivity contribution >= 4 is 29.0 Å². The van der Waals surface area contributed by atoms with E-state index >= 15 is 0 Å². The van der Waals surface area contributed by atoms with Gasteiger partial charge in [0.1, 0.15) is 5.02 Å². The topological polar surface area (TPSA) is 52.8 Å². The molecule has 0 N–H and O–H groups in total. The fourth-order valence-electron chi connectivity index (χ4n) is 1.69. The van der Waals surface area contributed by atoms with Gasteiger partial charge in [-0.15, -0.1) is 0 Å². The van der Waals surface area contributed by atoms with Gasteiger partial charge in [0.25, 0.3) is 0 Å². The van der Waals surface area contributed by atoms with Gasteiger partial charge in [-0.25, -0.2) is 4.98 Å². The van der Waals surface area contributed by atoms with Crippen LogP contribution < -0.4 is 4.90 Å². The molecule has 0 aliphatic heterocycles. The summed E-state index contributed by atoms with van der Waals surface area (Å²) in [6, 6.07) is 9.48. The highest BCUT2D eigenvalue weighted by molar-refractivity contribution is 6.33. The lowest BCUT2D eigenvalue weighted by atomic mass is 10.1. The monoisotopic (exact) mass is 292 g/mol. The quantitative estimate of drug-likeness (QED) is 0.815. The SMILES string of the molecule is CN(Cc1cccc(C#N)c1)c1nc(Cl)ncc1Cl. The van der Waals surface area contributed by atoms with Crippen LogP contribution in [-0.2, 0) is 6.54 Å². The summed E-state index contributed by atoms with van der Waals surface area (Å²) < 4.78 is 0. The fourth-order valence-corrected chi connectivity index (χ4v) is 2.06. The lowest BCUT2D eigenvalue weighted by molar-refractivity contribution is 0.891. The summed E-state index contributed by atoms with van der Waals surface area (Å²) in [6.45, 7) is 0.572. The molecule has 1 heterocycles. The van der Waals surface area contributed by atoms with Crippen molar-refractivity contribution in [2.75, 3.05) is 11.9 Å². The van der Waals surface area contributed by atoms with Gasteiger partial charge in [0.2, 0.25) is 5.28 Å². The van der Waals surface area contributed by atoms with E-state index in [1.54, 1.807) is 6.07 Å². The molecule has 0 spiro atoms. The van der Waals surface area contributed by atoms with E-state index < -0.39 is 0 Å². The van der Waals surface area contributed by atoms with Crippen molar-refractivity contribution in [2.24, 2.45) is 0 Å². The van der Waals surface area contributed by atoms with E-state index in [2.05, 4.69) is 16.0 Å². The second-order valence-corrected chi connectivity index (χ2v) is 4.72.